The monoisotopic (exact) mass is 312 g/mol. The maximum Gasteiger partial charge on any atom is 0.327 e. The van der Waals surface area contributed by atoms with Crippen LogP contribution < -0.4 is 5.32 Å². The number of nitrogens with one attached hydrogen (secondary N) is 1. The number of thioether (sulfide) groups is 1. The Morgan fingerprint density at radius 3 is 2.62 bits per heavy atom. The average Bonchev–Trinajstić information content (AvgIpc) is 2.91. The van der Waals surface area contributed by atoms with Gasteiger partial charge >= 0.3 is 12.0 Å². The van der Waals surface area contributed by atoms with Crippen LogP contribution in [0.3, 0.4) is 0 Å². The van der Waals surface area contributed by atoms with E-state index in [0.29, 0.717) is 22.8 Å². The zero-order chi connectivity index (χ0) is 15.6. The topological polar surface area (TPSA) is 69.6 Å². The van der Waals surface area contributed by atoms with Crippen LogP contribution in [0.4, 0.5) is 9.18 Å². The maximum atomic E-state index is 13.5. The Kier molecular flexibility index (Phi) is 4.72. The first kappa shape index (κ1) is 15.6. The van der Waals surface area contributed by atoms with Gasteiger partial charge in [-0.3, -0.25) is 0 Å². The molecule has 5 nitrogen and oxygen atoms in total. The predicted octanol–water partition coefficient (Wildman–Crippen LogP) is 2.11. The van der Waals surface area contributed by atoms with Gasteiger partial charge in [0.25, 0.3) is 0 Å². The number of hydrogen-bond donors (Lipinski definition) is 2. The minimum atomic E-state index is -0.997. The first-order valence-electron chi connectivity index (χ1n) is 6.50. The second kappa shape index (κ2) is 6.34. The van der Waals surface area contributed by atoms with Gasteiger partial charge < -0.3 is 15.3 Å². The van der Waals surface area contributed by atoms with Gasteiger partial charge in [-0.25, -0.2) is 14.0 Å². The van der Waals surface area contributed by atoms with E-state index >= 15 is 0 Å². The van der Waals surface area contributed by atoms with Gasteiger partial charge in [-0.2, -0.15) is 0 Å². The number of carbonyl (C=O) groups excluding carboxylic acids is 1. The lowest BCUT2D eigenvalue weighted by molar-refractivity contribution is -0.140. The van der Waals surface area contributed by atoms with E-state index in [-0.39, 0.29) is 12.4 Å². The molecule has 1 saturated heterocycles. The SMILES string of the molecule is Cc1cc(CNC(=O)N2CSCC2C(=O)O)cc(C)c1F. The third-order valence-electron chi connectivity index (χ3n) is 3.37. The van der Waals surface area contributed by atoms with Crippen LogP contribution >= 0.6 is 11.8 Å². The minimum absolute atomic E-state index is 0.244. The number of urea groups is 1. The van der Waals surface area contributed by atoms with Crippen molar-refractivity contribution in [3.63, 3.8) is 0 Å². The summed E-state index contributed by atoms with van der Waals surface area (Å²) in [5, 5.41) is 11.7. The van der Waals surface area contributed by atoms with E-state index in [2.05, 4.69) is 5.32 Å². The van der Waals surface area contributed by atoms with Crippen molar-refractivity contribution in [3.05, 3.63) is 34.6 Å². The van der Waals surface area contributed by atoms with E-state index in [4.69, 9.17) is 5.11 Å². The van der Waals surface area contributed by atoms with Gasteiger partial charge in [0, 0.05) is 12.3 Å². The van der Waals surface area contributed by atoms with Crippen LogP contribution in [-0.4, -0.2) is 39.7 Å². The molecule has 2 amide bonds. The molecule has 1 heterocycles. The molecule has 0 aromatic heterocycles. The molecule has 1 aromatic rings. The molecule has 0 aliphatic carbocycles. The van der Waals surface area contributed by atoms with Gasteiger partial charge in [0.15, 0.2) is 0 Å². The van der Waals surface area contributed by atoms with Gasteiger partial charge in [-0.15, -0.1) is 11.8 Å². The standard InChI is InChI=1S/C14H17FN2O3S/c1-8-3-10(4-9(2)12(8)15)5-16-14(20)17-7-21-6-11(17)13(18)19/h3-4,11H,5-7H2,1-2H3,(H,16,20)(H,18,19). The fourth-order valence-corrected chi connectivity index (χ4v) is 3.41. The number of carboxylic acids is 1. The molecule has 7 heteroatoms. The van der Waals surface area contributed by atoms with E-state index in [9.17, 15) is 14.0 Å². The van der Waals surface area contributed by atoms with Crippen LogP contribution in [0.5, 0.6) is 0 Å². The van der Waals surface area contributed by atoms with E-state index in [1.54, 1.807) is 26.0 Å². The first-order chi connectivity index (χ1) is 9.90. The number of rotatable bonds is 3. The molecule has 2 rings (SSSR count). The van der Waals surface area contributed by atoms with E-state index in [0.717, 1.165) is 5.56 Å². The van der Waals surface area contributed by atoms with Gasteiger partial charge in [-0.1, -0.05) is 12.1 Å². The molecule has 1 aromatic carbocycles. The smallest absolute Gasteiger partial charge is 0.327 e. The molecule has 1 unspecified atom stereocenters. The van der Waals surface area contributed by atoms with Crippen LogP contribution in [0, 0.1) is 19.7 Å². The van der Waals surface area contributed by atoms with Crippen molar-refractivity contribution in [3.8, 4) is 0 Å². The number of halogens is 1. The van der Waals surface area contributed by atoms with Crippen molar-refractivity contribution in [2.45, 2.75) is 26.4 Å². The van der Waals surface area contributed by atoms with Crippen molar-refractivity contribution in [2.75, 3.05) is 11.6 Å². The summed E-state index contributed by atoms with van der Waals surface area (Å²) in [5.41, 5.74) is 1.84. The molecular formula is C14H17FN2O3S. The van der Waals surface area contributed by atoms with E-state index in [1.807, 2.05) is 0 Å². The summed E-state index contributed by atoms with van der Waals surface area (Å²) in [5.74, 6) is -0.475. The minimum Gasteiger partial charge on any atom is -0.480 e. The molecule has 114 valence electrons. The number of carbonyl (C=O) groups is 2. The third kappa shape index (κ3) is 3.47. The molecule has 1 aliphatic heterocycles. The lowest BCUT2D eigenvalue weighted by atomic mass is 10.1. The highest BCUT2D eigenvalue weighted by Crippen LogP contribution is 2.21. The van der Waals surface area contributed by atoms with Crippen LogP contribution in [0.15, 0.2) is 12.1 Å². The highest BCUT2D eigenvalue weighted by molar-refractivity contribution is 7.99. The second-order valence-electron chi connectivity index (χ2n) is 5.03. The molecule has 1 atom stereocenters. The number of hydrogen-bond acceptors (Lipinski definition) is 3. The molecule has 0 saturated carbocycles. The molecule has 0 bridgehead atoms. The van der Waals surface area contributed by atoms with Crippen molar-refractivity contribution in [1.29, 1.82) is 0 Å². The Morgan fingerprint density at radius 1 is 1.43 bits per heavy atom. The zero-order valence-electron chi connectivity index (χ0n) is 11.9. The Bertz CT molecular complexity index is 556. The van der Waals surface area contributed by atoms with Crippen molar-refractivity contribution in [1.82, 2.24) is 10.2 Å². The fourth-order valence-electron chi connectivity index (χ4n) is 2.26. The maximum absolute atomic E-state index is 13.5. The number of aryl methyl sites for hydroxylation is 2. The summed E-state index contributed by atoms with van der Waals surface area (Å²) in [7, 11) is 0. The van der Waals surface area contributed by atoms with Gasteiger partial charge in [0.1, 0.15) is 11.9 Å². The van der Waals surface area contributed by atoms with Gasteiger partial charge in [0.05, 0.1) is 5.88 Å². The van der Waals surface area contributed by atoms with E-state index in [1.165, 1.54) is 16.7 Å². The fraction of sp³-hybridized carbons (Fsp3) is 0.429. The highest BCUT2D eigenvalue weighted by Gasteiger charge is 2.34. The molecular weight excluding hydrogens is 295 g/mol. The largest absolute Gasteiger partial charge is 0.480 e. The zero-order valence-corrected chi connectivity index (χ0v) is 12.7. The molecule has 0 spiro atoms. The number of carboxylic acid groups (broad SMARTS) is 1. The quantitative estimate of drug-likeness (QED) is 0.897. The highest BCUT2D eigenvalue weighted by atomic mass is 32.2. The summed E-state index contributed by atoms with van der Waals surface area (Å²) in [6.07, 6.45) is 0. The Balaban J connectivity index is 2.00. The normalized spacial score (nSPS) is 17.9. The van der Waals surface area contributed by atoms with Crippen molar-refractivity contribution in [2.24, 2.45) is 0 Å². The number of nitrogens with zero attached hydrogens (tertiary/aromatic N) is 1. The number of benzene rings is 1. The Hall–Kier alpha value is -1.76. The average molecular weight is 312 g/mol. The van der Waals surface area contributed by atoms with Crippen LogP contribution in [0.1, 0.15) is 16.7 Å². The van der Waals surface area contributed by atoms with Crippen molar-refractivity contribution >= 4 is 23.8 Å². The lowest BCUT2D eigenvalue weighted by Crippen LogP contribution is -2.46. The Labute approximate surface area is 126 Å². The van der Waals surface area contributed by atoms with Crippen LogP contribution in [0.2, 0.25) is 0 Å². The molecule has 1 aliphatic rings. The molecule has 2 N–H and O–H groups in total. The Morgan fingerprint density at radius 2 is 2.05 bits per heavy atom. The van der Waals surface area contributed by atoms with Gasteiger partial charge in [-0.05, 0) is 30.5 Å². The van der Waals surface area contributed by atoms with Crippen LogP contribution in [0.25, 0.3) is 0 Å². The predicted molar refractivity (Wildman–Crippen MR) is 78.7 cm³/mol. The summed E-state index contributed by atoms with van der Waals surface area (Å²) >= 11 is 1.41. The molecule has 21 heavy (non-hydrogen) atoms. The summed E-state index contributed by atoms with van der Waals surface area (Å²) in [4.78, 5) is 24.4. The van der Waals surface area contributed by atoms with Gasteiger partial charge in [0.2, 0.25) is 0 Å². The first-order valence-corrected chi connectivity index (χ1v) is 7.66. The third-order valence-corrected chi connectivity index (χ3v) is 4.38. The summed E-state index contributed by atoms with van der Waals surface area (Å²) in [6.45, 7) is 3.59. The summed E-state index contributed by atoms with van der Waals surface area (Å²) < 4.78 is 13.5. The van der Waals surface area contributed by atoms with Crippen LogP contribution in [-0.2, 0) is 11.3 Å². The summed E-state index contributed by atoms with van der Waals surface area (Å²) in [6, 6.07) is 2.16. The second-order valence-corrected chi connectivity index (χ2v) is 6.03. The lowest BCUT2D eigenvalue weighted by Gasteiger charge is -2.21. The van der Waals surface area contributed by atoms with Crippen molar-refractivity contribution < 1.29 is 19.1 Å². The number of aliphatic carboxylic acids is 1. The molecule has 1 fully saturated rings. The number of amides is 2. The molecule has 0 radical (unpaired) electrons. The van der Waals surface area contributed by atoms with E-state index < -0.39 is 18.0 Å².